The van der Waals surface area contributed by atoms with Gasteiger partial charge in [-0.1, -0.05) is 83.1 Å². The van der Waals surface area contributed by atoms with Gasteiger partial charge in [-0.2, -0.15) is 0 Å². The van der Waals surface area contributed by atoms with Crippen LogP contribution in [0.25, 0.3) is 0 Å². The first-order chi connectivity index (χ1) is 12.7. The van der Waals surface area contributed by atoms with Crippen molar-refractivity contribution >= 4 is 28.6 Å². The molecule has 0 radical (unpaired) electrons. The minimum Gasteiger partial charge on any atom is -0.515 e. The molecule has 0 bridgehead atoms. The lowest BCUT2D eigenvalue weighted by Crippen LogP contribution is -2.49. The monoisotopic (exact) mass is 428 g/mol. The lowest BCUT2D eigenvalue weighted by molar-refractivity contribution is -0.132. The van der Waals surface area contributed by atoms with E-state index in [1.165, 1.54) is 12.2 Å². The van der Waals surface area contributed by atoms with E-state index in [2.05, 4.69) is 83.1 Å². The highest BCUT2D eigenvalue weighted by Gasteiger charge is 2.49. The molecule has 0 amide bonds. The lowest BCUT2D eigenvalue weighted by atomic mass is 10.5. The van der Waals surface area contributed by atoms with Gasteiger partial charge in [0.25, 0.3) is 16.6 Å². The summed E-state index contributed by atoms with van der Waals surface area (Å²) in [6.45, 7) is 25.6. The zero-order valence-corrected chi connectivity index (χ0v) is 22.3. The fourth-order valence-corrected chi connectivity index (χ4v) is 15.5. The van der Waals surface area contributed by atoms with Crippen molar-refractivity contribution in [2.24, 2.45) is 0 Å². The predicted molar refractivity (Wildman–Crippen MR) is 123 cm³/mol. The molecule has 0 atom stereocenters. The van der Waals surface area contributed by atoms with Crippen LogP contribution < -0.4 is 0 Å². The summed E-state index contributed by atoms with van der Waals surface area (Å²) < 4.78 is 12.1. The first-order valence-electron chi connectivity index (χ1n) is 10.8. The zero-order valence-electron chi connectivity index (χ0n) is 20.3. The summed E-state index contributed by atoms with van der Waals surface area (Å²) in [6, 6.07) is 0. The molecule has 164 valence electrons. The maximum Gasteiger partial charge on any atom is 0.317 e. The molecule has 0 aromatic carbocycles. The third-order valence-corrected chi connectivity index (χ3v) is 18.3. The van der Waals surface area contributed by atoms with Crippen LogP contribution in [0, 0.1) is 0 Å². The maximum absolute atomic E-state index is 12.6. The molecule has 0 aromatic heterocycles. The van der Waals surface area contributed by atoms with E-state index in [-0.39, 0.29) is 0 Å². The van der Waals surface area contributed by atoms with Gasteiger partial charge in [-0.05, 0) is 33.2 Å². The molecule has 0 N–H and O–H groups in total. The minimum atomic E-state index is -2.31. The lowest BCUT2D eigenvalue weighted by Gasteiger charge is -2.41. The Morgan fingerprint density at radius 2 is 0.679 bits per heavy atom. The highest BCUT2D eigenvalue weighted by molar-refractivity contribution is 6.79. The Morgan fingerprint density at radius 1 is 0.500 bits per heavy atom. The van der Waals surface area contributed by atoms with Crippen LogP contribution in [0.3, 0.4) is 0 Å². The van der Waals surface area contributed by atoms with Crippen molar-refractivity contribution in [1.29, 1.82) is 0 Å². The average Bonchev–Trinajstić information content (AvgIpc) is 2.53. The summed E-state index contributed by atoms with van der Waals surface area (Å²) in [7, 11) is -4.61. The van der Waals surface area contributed by atoms with Crippen LogP contribution in [0.2, 0.25) is 33.2 Å². The zero-order chi connectivity index (χ0) is 22.4. The molecule has 0 saturated heterocycles. The van der Waals surface area contributed by atoms with E-state index in [1.807, 2.05) is 0 Å². The van der Waals surface area contributed by atoms with Crippen LogP contribution in [0.1, 0.15) is 83.1 Å². The van der Waals surface area contributed by atoms with Crippen molar-refractivity contribution in [2.45, 2.75) is 116 Å². The highest BCUT2D eigenvalue weighted by atomic mass is 28.4. The number of carbonyl (C=O) groups is 2. The Bertz CT molecular complexity index is 457. The van der Waals surface area contributed by atoms with Crippen molar-refractivity contribution in [3.05, 3.63) is 12.2 Å². The second kappa shape index (κ2) is 10.8. The first kappa shape index (κ1) is 27.1. The largest absolute Gasteiger partial charge is 0.515 e. The van der Waals surface area contributed by atoms with Crippen LogP contribution in [0.4, 0.5) is 0 Å². The molecule has 0 heterocycles. The van der Waals surface area contributed by atoms with Crippen LogP contribution in [-0.4, -0.2) is 28.6 Å². The van der Waals surface area contributed by atoms with Gasteiger partial charge in [0.2, 0.25) is 0 Å². The summed E-state index contributed by atoms with van der Waals surface area (Å²) in [5, 5.41) is 0. The van der Waals surface area contributed by atoms with Gasteiger partial charge in [0.15, 0.2) is 0 Å². The predicted octanol–water partition coefficient (Wildman–Crippen LogP) is 6.98. The van der Waals surface area contributed by atoms with Crippen molar-refractivity contribution in [3.8, 4) is 0 Å². The second-order valence-electron chi connectivity index (χ2n) is 9.81. The molecule has 0 aromatic rings. The fourth-order valence-electron chi connectivity index (χ4n) is 5.26. The van der Waals surface area contributed by atoms with E-state index in [1.54, 1.807) is 0 Å². The normalized spacial score (nSPS) is 13.6. The standard InChI is InChI=1S/C22H44O4Si2/c1-15(2)27(16(3)4,17(5)6)25-21(23)13-14-22(24)26-28(18(7)8,19(9)10)20(11)12/h13-20H,1-12H3. The maximum atomic E-state index is 12.6. The Morgan fingerprint density at radius 3 is 0.821 bits per heavy atom. The van der Waals surface area contributed by atoms with E-state index in [9.17, 15) is 9.59 Å². The van der Waals surface area contributed by atoms with E-state index in [0.717, 1.165) is 0 Å². The molecule has 0 unspecified atom stereocenters. The van der Waals surface area contributed by atoms with Gasteiger partial charge in [-0.3, -0.25) is 0 Å². The van der Waals surface area contributed by atoms with Crippen molar-refractivity contribution in [1.82, 2.24) is 0 Å². The van der Waals surface area contributed by atoms with Gasteiger partial charge in [0, 0.05) is 12.2 Å². The first-order valence-corrected chi connectivity index (χ1v) is 15.1. The van der Waals surface area contributed by atoms with Crippen molar-refractivity contribution in [2.75, 3.05) is 0 Å². The van der Waals surface area contributed by atoms with Gasteiger partial charge in [0.05, 0.1) is 0 Å². The third-order valence-electron chi connectivity index (χ3n) is 6.32. The highest BCUT2D eigenvalue weighted by Crippen LogP contribution is 2.43. The van der Waals surface area contributed by atoms with Crippen LogP contribution >= 0.6 is 0 Å². The van der Waals surface area contributed by atoms with Gasteiger partial charge in [0.1, 0.15) is 0 Å². The number of hydrogen-bond donors (Lipinski definition) is 0. The Hall–Kier alpha value is -0.886. The van der Waals surface area contributed by atoms with Gasteiger partial charge in [-0.25, -0.2) is 9.59 Å². The minimum absolute atomic E-state index is 0.305. The smallest absolute Gasteiger partial charge is 0.317 e. The fraction of sp³-hybridized carbons (Fsp3) is 0.818. The van der Waals surface area contributed by atoms with Crippen LogP contribution in [0.5, 0.6) is 0 Å². The third kappa shape index (κ3) is 5.81. The van der Waals surface area contributed by atoms with E-state index >= 15 is 0 Å². The van der Waals surface area contributed by atoms with Crippen LogP contribution in [0.15, 0.2) is 12.2 Å². The summed E-state index contributed by atoms with van der Waals surface area (Å²) >= 11 is 0. The van der Waals surface area contributed by atoms with Crippen molar-refractivity contribution in [3.63, 3.8) is 0 Å². The van der Waals surface area contributed by atoms with E-state index in [0.29, 0.717) is 33.2 Å². The van der Waals surface area contributed by atoms with Crippen molar-refractivity contribution < 1.29 is 18.4 Å². The number of rotatable bonds is 10. The summed E-state index contributed by atoms with van der Waals surface area (Å²) in [5.74, 6) is -0.851. The molecular formula is C22H44O4Si2. The molecule has 0 rings (SSSR count). The quantitative estimate of drug-likeness (QED) is 0.278. The molecule has 0 aliphatic heterocycles. The molecule has 0 aliphatic carbocycles. The summed E-state index contributed by atoms with van der Waals surface area (Å²) in [6.07, 6.45) is 2.52. The summed E-state index contributed by atoms with van der Waals surface area (Å²) in [5.41, 5.74) is 1.83. The topological polar surface area (TPSA) is 52.6 Å². The molecule has 4 nitrogen and oxygen atoms in total. The Balaban J connectivity index is 5.47. The molecular weight excluding hydrogens is 384 g/mol. The van der Waals surface area contributed by atoms with E-state index < -0.39 is 28.6 Å². The average molecular weight is 429 g/mol. The molecule has 6 heteroatoms. The number of carbonyl (C=O) groups excluding carboxylic acids is 2. The molecule has 0 saturated carbocycles. The molecule has 0 spiro atoms. The van der Waals surface area contributed by atoms with E-state index in [4.69, 9.17) is 8.85 Å². The molecule has 28 heavy (non-hydrogen) atoms. The number of hydrogen-bond acceptors (Lipinski definition) is 4. The summed E-state index contributed by atoms with van der Waals surface area (Å²) in [4.78, 5) is 25.1. The Labute approximate surface area is 175 Å². The Kier molecular flexibility index (Phi) is 10.4. The second-order valence-corrected chi connectivity index (χ2v) is 20.6. The molecule has 0 fully saturated rings. The molecule has 0 aliphatic rings. The SMILES string of the molecule is CC(C)[Si](OC(=O)C=CC(=O)O[Si](C(C)C)(C(C)C)C(C)C)(C(C)C)C(C)C. The van der Waals surface area contributed by atoms with Gasteiger partial charge in [-0.15, -0.1) is 0 Å². The van der Waals surface area contributed by atoms with Gasteiger partial charge < -0.3 is 8.85 Å². The van der Waals surface area contributed by atoms with Gasteiger partial charge >= 0.3 is 11.9 Å². The van der Waals surface area contributed by atoms with Crippen LogP contribution in [-0.2, 0) is 18.4 Å².